The van der Waals surface area contributed by atoms with E-state index in [1.807, 2.05) is 0 Å². The molecule has 0 bridgehead atoms. The number of amides is 2. The lowest BCUT2D eigenvalue weighted by Gasteiger charge is -2.55. The van der Waals surface area contributed by atoms with Crippen molar-refractivity contribution in [1.29, 1.82) is 0 Å². The summed E-state index contributed by atoms with van der Waals surface area (Å²) in [6, 6.07) is 0. The fraction of sp³-hybridized carbons (Fsp3) is 0.571. The van der Waals surface area contributed by atoms with Gasteiger partial charge in [-0.3, -0.25) is 14.5 Å². The number of nitrogens with zero attached hydrogens (tertiary/aromatic N) is 5. The first-order valence-corrected chi connectivity index (χ1v) is 11.8. The molecule has 0 aromatic carbocycles. The van der Waals surface area contributed by atoms with E-state index in [0.717, 1.165) is 35.5 Å². The number of aryl methyl sites for hydroxylation is 1. The Morgan fingerprint density at radius 2 is 2.16 bits per heavy atom. The predicted octanol–water partition coefficient (Wildman–Crippen LogP) is -0.717. The molecule has 1 saturated heterocycles. The summed E-state index contributed by atoms with van der Waals surface area (Å²) < 4.78 is 55.1. The Kier molecular flexibility index (Phi) is 6.87. The van der Waals surface area contributed by atoms with Gasteiger partial charge in [0.05, 0.1) is 0 Å². The lowest BCUT2D eigenvalue weighted by molar-refractivity contribution is -0.192. The van der Waals surface area contributed by atoms with Crippen LogP contribution < -0.4 is 5.32 Å². The molecular weight excluding hydrogens is 501 g/mol. The maximum absolute atomic E-state index is 12.8. The van der Waals surface area contributed by atoms with E-state index < -0.39 is 50.9 Å². The van der Waals surface area contributed by atoms with Crippen LogP contribution in [0.3, 0.4) is 0 Å². The van der Waals surface area contributed by atoms with Gasteiger partial charge < -0.3 is 15.2 Å². The zero-order valence-corrected chi connectivity index (χ0v) is 18.7. The number of fused-ring (bicyclic) bond motifs is 1. The number of aromatic nitrogens is 4. The van der Waals surface area contributed by atoms with Gasteiger partial charge in [-0.15, -0.1) is 16.9 Å². The van der Waals surface area contributed by atoms with Crippen molar-refractivity contribution in [1.82, 2.24) is 30.4 Å². The predicted molar refractivity (Wildman–Crippen MR) is 104 cm³/mol. The lowest BCUT2D eigenvalue weighted by atomic mass is 9.98. The Morgan fingerprint density at radius 1 is 1.47 bits per heavy atom. The highest BCUT2D eigenvalue weighted by atomic mass is 32.2. The number of carbonyl (C=O) groups excluding carboxylic acids is 2. The fourth-order valence-corrected chi connectivity index (χ4v) is 5.90. The van der Waals surface area contributed by atoms with Crippen molar-refractivity contribution in [3.05, 3.63) is 11.3 Å². The summed E-state index contributed by atoms with van der Waals surface area (Å²) in [6.45, 7) is 0. The van der Waals surface area contributed by atoms with E-state index in [9.17, 15) is 36.9 Å². The van der Waals surface area contributed by atoms with Crippen molar-refractivity contribution < 1.29 is 41.6 Å². The second-order valence-electron chi connectivity index (χ2n) is 6.39. The first kappa shape index (κ1) is 24.5. The number of carboxylic acids is 1. The van der Waals surface area contributed by atoms with Crippen LogP contribution in [-0.2, 0) is 37.0 Å². The third-order valence-corrected chi connectivity index (χ3v) is 7.95. The van der Waals surface area contributed by atoms with Gasteiger partial charge in [-0.1, -0.05) is 11.8 Å². The molecule has 2 aliphatic rings. The quantitative estimate of drug-likeness (QED) is 0.255. The van der Waals surface area contributed by atoms with E-state index in [-0.39, 0.29) is 17.2 Å². The zero-order valence-electron chi connectivity index (χ0n) is 16.3. The SMILES string of the molecule is CO[C@@]1(NC(=O)CS(=O)C(F)(F)F)C(=O)N2C(C(=O)O)=C(CSc3nnnn3C)CS[C@H]21. The van der Waals surface area contributed by atoms with Gasteiger partial charge in [-0.05, 0) is 16.0 Å². The Labute approximate surface area is 188 Å². The highest BCUT2D eigenvalue weighted by Gasteiger charge is 2.66. The number of rotatable bonds is 8. The van der Waals surface area contributed by atoms with Crippen molar-refractivity contribution in [2.45, 2.75) is 21.8 Å². The number of tetrazole rings is 1. The number of hydrogen-bond donors (Lipinski definition) is 2. The molecule has 1 aromatic rings. The van der Waals surface area contributed by atoms with E-state index in [1.54, 1.807) is 7.05 Å². The van der Waals surface area contributed by atoms with Crippen LogP contribution >= 0.6 is 23.5 Å². The number of aliphatic carboxylic acids is 1. The van der Waals surface area contributed by atoms with Gasteiger partial charge in [0.1, 0.15) is 27.6 Å². The molecule has 176 valence electrons. The second-order valence-corrected chi connectivity index (χ2v) is 9.85. The molecule has 18 heteroatoms. The minimum absolute atomic E-state index is 0.129. The zero-order chi connectivity index (χ0) is 23.8. The average molecular weight is 517 g/mol. The van der Waals surface area contributed by atoms with Crippen molar-refractivity contribution in [3.63, 3.8) is 0 Å². The molecule has 0 spiro atoms. The number of thioether (sulfide) groups is 2. The summed E-state index contributed by atoms with van der Waals surface area (Å²) in [6.07, 6.45) is 0. The van der Waals surface area contributed by atoms with Crippen LogP contribution in [-0.4, -0.2) is 93.2 Å². The van der Waals surface area contributed by atoms with Crippen LogP contribution in [0.4, 0.5) is 13.2 Å². The molecule has 12 nitrogen and oxygen atoms in total. The Balaban J connectivity index is 1.79. The highest BCUT2D eigenvalue weighted by Crippen LogP contribution is 2.47. The molecule has 3 rings (SSSR count). The third kappa shape index (κ3) is 4.35. The molecule has 0 saturated carbocycles. The molecule has 0 radical (unpaired) electrons. The maximum Gasteiger partial charge on any atom is 0.471 e. The Hall–Kier alpha value is -2.18. The van der Waals surface area contributed by atoms with Gasteiger partial charge in [0.25, 0.3) is 11.6 Å². The lowest BCUT2D eigenvalue weighted by Crippen LogP contribution is -2.81. The Morgan fingerprint density at radius 3 is 2.69 bits per heavy atom. The molecule has 3 heterocycles. The molecule has 3 atom stereocenters. The van der Waals surface area contributed by atoms with Crippen LogP contribution in [0.25, 0.3) is 0 Å². The summed E-state index contributed by atoms with van der Waals surface area (Å²) in [4.78, 5) is 37.7. The normalized spacial score (nSPS) is 24.1. The maximum atomic E-state index is 12.8. The number of carbonyl (C=O) groups is 3. The molecule has 2 aliphatic heterocycles. The van der Waals surface area contributed by atoms with Crippen molar-refractivity contribution in [3.8, 4) is 0 Å². The summed E-state index contributed by atoms with van der Waals surface area (Å²) in [5.41, 5.74) is -7.11. The summed E-state index contributed by atoms with van der Waals surface area (Å²) in [7, 11) is -0.819. The van der Waals surface area contributed by atoms with E-state index >= 15 is 0 Å². The van der Waals surface area contributed by atoms with Crippen LogP contribution in [0.2, 0.25) is 0 Å². The number of alkyl halides is 3. The average Bonchev–Trinajstić information content (AvgIpc) is 3.13. The molecule has 1 unspecified atom stereocenters. The van der Waals surface area contributed by atoms with E-state index in [4.69, 9.17) is 4.74 Å². The molecular formula is C14H15F3N6O6S3. The minimum atomic E-state index is -5.10. The number of β-lactam (4-membered cyclic amide) rings is 1. The topological polar surface area (TPSA) is 157 Å². The number of methoxy groups -OCH3 is 1. The smallest absolute Gasteiger partial charge is 0.471 e. The van der Waals surface area contributed by atoms with Crippen molar-refractivity contribution in [2.24, 2.45) is 7.05 Å². The summed E-state index contributed by atoms with van der Waals surface area (Å²) >= 11 is 2.21. The fourth-order valence-electron chi connectivity index (χ4n) is 2.99. The number of carboxylic acid groups (broad SMARTS) is 1. The number of ether oxygens (including phenoxy) is 1. The third-order valence-electron chi connectivity index (χ3n) is 4.44. The second kappa shape index (κ2) is 8.99. The van der Waals surface area contributed by atoms with Gasteiger partial charge >= 0.3 is 11.5 Å². The van der Waals surface area contributed by atoms with Crippen molar-refractivity contribution in [2.75, 3.05) is 24.4 Å². The van der Waals surface area contributed by atoms with E-state index in [0.29, 0.717) is 10.7 Å². The molecule has 0 aliphatic carbocycles. The largest absolute Gasteiger partial charge is 0.477 e. The van der Waals surface area contributed by atoms with Gasteiger partial charge in [-0.25, -0.2) is 13.7 Å². The monoisotopic (exact) mass is 516 g/mol. The van der Waals surface area contributed by atoms with Gasteiger partial charge in [0.15, 0.2) is 0 Å². The molecule has 32 heavy (non-hydrogen) atoms. The number of halogens is 3. The van der Waals surface area contributed by atoms with Crippen LogP contribution in [0.5, 0.6) is 0 Å². The standard InChI is InChI=1S/C14H15F3N6O6S3/c1-22-12(19-20-21-22)31-4-6-3-30-11-13(29-2,10(27)23(11)8(6)9(25)26)18-7(24)5-32(28)14(15,16)17/h11H,3-5H2,1-2H3,(H,18,24)(H,25,26)/t11-,13-,32?/m0/s1. The molecule has 2 N–H and O–H groups in total. The molecule has 1 aromatic heterocycles. The van der Waals surface area contributed by atoms with E-state index in [1.165, 1.54) is 4.68 Å². The van der Waals surface area contributed by atoms with Gasteiger partial charge in [0.2, 0.25) is 11.1 Å². The van der Waals surface area contributed by atoms with Crippen LogP contribution in [0.1, 0.15) is 0 Å². The highest BCUT2D eigenvalue weighted by molar-refractivity contribution is 8.01. The summed E-state index contributed by atoms with van der Waals surface area (Å²) in [5.74, 6) is -4.84. The number of hydrogen-bond acceptors (Lipinski definition) is 10. The van der Waals surface area contributed by atoms with Crippen LogP contribution in [0.15, 0.2) is 16.4 Å². The van der Waals surface area contributed by atoms with E-state index in [2.05, 4.69) is 20.8 Å². The van der Waals surface area contributed by atoms with Crippen molar-refractivity contribution >= 4 is 52.1 Å². The molecule has 1 fully saturated rings. The first-order valence-electron chi connectivity index (χ1n) is 8.49. The van der Waals surface area contributed by atoms with Crippen LogP contribution in [0, 0.1) is 0 Å². The Bertz CT molecular complexity index is 1020. The summed E-state index contributed by atoms with van der Waals surface area (Å²) in [5, 5.41) is 22.0. The van der Waals surface area contributed by atoms with Gasteiger partial charge in [0, 0.05) is 25.7 Å². The minimum Gasteiger partial charge on any atom is -0.477 e. The van der Waals surface area contributed by atoms with Gasteiger partial charge in [-0.2, -0.15) is 13.2 Å². The molecule has 2 amide bonds. The first-order chi connectivity index (χ1) is 14.9. The number of nitrogens with one attached hydrogen (secondary N) is 1.